The highest BCUT2D eigenvalue weighted by molar-refractivity contribution is 5.90. The number of hydrogen-bond donors (Lipinski definition) is 1. The predicted octanol–water partition coefficient (Wildman–Crippen LogP) is 1.80. The third-order valence-electron chi connectivity index (χ3n) is 1.56. The zero-order chi connectivity index (χ0) is 11.3. The van der Waals surface area contributed by atoms with Crippen LogP contribution in [0.1, 0.15) is 6.92 Å². The van der Waals surface area contributed by atoms with Gasteiger partial charge < -0.3 is 10.1 Å². The first-order valence-corrected chi connectivity index (χ1v) is 4.27. The Balaban J connectivity index is 2.93. The lowest BCUT2D eigenvalue weighted by Gasteiger charge is -2.09. The van der Waals surface area contributed by atoms with Gasteiger partial charge in [0.25, 0.3) is 0 Å². The molecular formula is C11H10FNO2. The van der Waals surface area contributed by atoms with Crippen LogP contribution < -0.4 is 10.1 Å². The molecule has 1 aromatic carbocycles. The Bertz CT molecular complexity index is 410. The van der Waals surface area contributed by atoms with Crippen molar-refractivity contribution in [2.45, 2.75) is 6.92 Å². The number of rotatable bonds is 3. The van der Waals surface area contributed by atoms with E-state index in [1.165, 1.54) is 25.1 Å². The first kappa shape index (κ1) is 11.1. The summed E-state index contributed by atoms with van der Waals surface area (Å²) in [6, 6.07) is 3.82. The molecule has 0 aliphatic heterocycles. The van der Waals surface area contributed by atoms with E-state index in [-0.39, 0.29) is 18.2 Å². The molecule has 78 valence electrons. The molecule has 0 fully saturated rings. The van der Waals surface area contributed by atoms with Crippen molar-refractivity contribution in [3.8, 4) is 18.1 Å². The Labute approximate surface area is 87.2 Å². The number of halogens is 1. The summed E-state index contributed by atoms with van der Waals surface area (Å²) in [7, 11) is 0. The minimum absolute atomic E-state index is 0.0677. The van der Waals surface area contributed by atoms with Gasteiger partial charge in [-0.1, -0.05) is 5.92 Å². The van der Waals surface area contributed by atoms with Gasteiger partial charge in [-0.15, -0.1) is 6.42 Å². The fraction of sp³-hybridized carbons (Fsp3) is 0.182. The van der Waals surface area contributed by atoms with Gasteiger partial charge in [0.15, 0.2) is 0 Å². The van der Waals surface area contributed by atoms with Crippen LogP contribution in [-0.4, -0.2) is 12.5 Å². The lowest BCUT2D eigenvalue weighted by atomic mass is 10.3. The van der Waals surface area contributed by atoms with Crippen LogP contribution in [0.4, 0.5) is 10.1 Å². The lowest BCUT2D eigenvalue weighted by molar-refractivity contribution is -0.114. The van der Waals surface area contributed by atoms with Crippen molar-refractivity contribution in [2.24, 2.45) is 0 Å². The Morgan fingerprint density at radius 1 is 1.67 bits per heavy atom. The van der Waals surface area contributed by atoms with Crippen LogP contribution in [0.2, 0.25) is 0 Å². The van der Waals surface area contributed by atoms with E-state index in [0.717, 1.165) is 0 Å². The summed E-state index contributed by atoms with van der Waals surface area (Å²) in [6.07, 6.45) is 5.02. The van der Waals surface area contributed by atoms with Gasteiger partial charge in [-0.05, 0) is 12.1 Å². The summed E-state index contributed by atoms with van der Waals surface area (Å²) in [5.74, 6) is 1.88. The Morgan fingerprint density at radius 3 is 3.00 bits per heavy atom. The Hall–Kier alpha value is -2.02. The van der Waals surface area contributed by atoms with Crippen molar-refractivity contribution in [3.05, 3.63) is 24.0 Å². The average Bonchev–Trinajstić information content (AvgIpc) is 2.16. The van der Waals surface area contributed by atoms with Gasteiger partial charge in [-0.2, -0.15) is 0 Å². The first-order chi connectivity index (χ1) is 7.13. The molecule has 0 atom stereocenters. The summed E-state index contributed by atoms with van der Waals surface area (Å²) < 4.78 is 18.0. The van der Waals surface area contributed by atoms with Crippen molar-refractivity contribution >= 4 is 11.6 Å². The number of terminal acetylenes is 1. The predicted molar refractivity (Wildman–Crippen MR) is 55.0 cm³/mol. The highest BCUT2D eigenvalue weighted by Gasteiger charge is 2.06. The molecule has 0 aromatic heterocycles. The van der Waals surface area contributed by atoms with Crippen LogP contribution >= 0.6 is 0 Å². The smallest absolute Gasteiger partial charge is 0.221 e. The van der Waals surface area contributed by atoms with Crippen molar-refractivity contribution < 1.29 is 13.9 Å². The monoisotopic (exact) mass is 207 g/mol. The van der Waals surface area contributed by atoms with Gasteiger partial charge >= 0.3 is 0 Å². The van der Waals surface area contributed by atoms with Crippen molar-refractivity contribution in [1.82, 2.24) is 0 Å². The zero-order valence-electron chi connectivity index (χ0n) is 8.21. The fourth-order valence-corrected chi connectivity index (χ4v) is 1.03. The molecule has 4 heteroatoms. The second-order valence-corrected chi connectivity index (χ2v) is 2.81. The van der Waals surface area contributed by atoms with E-state index in [4.69, 9.17) is 11.2 Å². The molecule has 3 nitrogen and oxygen atoms in total. The molecule has 1 N–H and O–H groups in total. The maximum atomic E-state index is 12.9. The van der Waals surface area contributed by atoms with Crippen LogP contribution in [0.25, 0.3) is 0 Å². The normalized spacial score (nSPS) is 9.13. The maximum absolute atomic E-state index is 12.9. The first-order valence-electron chi connectivity index (χ1n) is 4.27. The van der Waals surface area contributed by atoms with E-state index >= 15 is 0 Å². The molecule has 0 bridgehead atoms. The molecule has 0 aliphatic rings. The molecule has 1 rings (SSSR count). The maximum Gasteiger partial charge on any atom is 0.221 e. The number of carbonyl (C=O) groups excluding carboxylic acids is 1. The van der Waals surface area contributed by atoms with E-state index < -0.39 is 5.82 Å². The quantitative estimate of drug-likeness (QED) is 0.767. The van der Waals surface area contributed by atoms with E-state index in [0.29, 0.717) is 5.75 Å². The number of benzene rings is 1. The Morgan fingerprint density at radius 2 is 2.40 bits per heavy atom. The van der Waals surface area contributed by atoms with Gasteiger partial charge in [0.05, 0.1) is 5.69 Å². The minimum atomic E-state index is -0.452. The SMILES string of the molecule is C#CCOc1ccc(F)cc1NC(C)=O. The van der Waals surface area contributed by atoms with Crippen LogP contribution in [0.5, 0.6) is 5.75 Å². The average molecular weight is 207 g/mol. The van der Waals surface area contributed by atoms with Crippen molar-refractivity contribution in [3.63, 3.8) is 0 Å². The van der Waals surface area contributed by atoms with Crippen LogP contribution in [0.15, 0.2) is 18.2 Å². The summed E-state index contributed by atoms with van der Waals surface area (Å²) in [5, 5.41) is 2.45. The van der Waals surface area contributed by atoms with E-state index in [9.17, 15) is 9.18 Å². The molecule has 0 aliphatic carbocycles. The van der Waals surface area contributed by atoms with Gasteiger partial charge in [0.2, 0.25) is 5.91 Å². The summed E-state index contributed by atoms with van der Waals surface area (Å²) in [6.45, 7) is 1.40. The third kappa shape index (κ3) is 3.31. The van der Waals surface area contributed by atoms with Crippen LogP contribution in [0, 0.1) is 18.2 Å². The van der Waals surface area contributed by atoms with Gasteiger partial charge in [0.1, 0.15) is 18.2 Å². The number of nitrogens with one attached hydrogen (secondary N) is 1. The second kappa shape index (κ2) is 5.01. The molecule has 0 saturated heterocycles. The molecule has 1 aromatic rings. The van der Waals surface area contributed by atoms with Gasteiger partial charge in [-0.3, -0.25) is 4.79 Å². The standard InChI is InChI=1S/C11H10FNO2/c1-3-6-15-11-5-4-9(12)7-10(11)13-8(2)14/h1,4-5,7H,6H2,2H3,(H,13,14). The van der Waals surface area contributed by atoms with Crippen molar-refractivity contribution in [2.75, 3.05) is 11.9 Å². The Kier molecular flexibility index (Phi) is 3.69. The van der Waals surface area contributed by atoms with E-state index in [1.807, 2.05) is 0 Å². The molecule has 15 heavy (non-hydrogen) atoms. The third-order valence-corrected chi connectivity index (χ3v) is 1.56. The summed E-state index contributed by atoms with van der Waals surface area (Å²) in [4.78, 5) is 10.8. The molecular weight excluding hydrogens is 197 g/mol. The summed E-state index contributed by atoms with van der Waals surface area (Å²) >= 11 is 0. The largest absolute Gasteiger partial charge is 0.479 e. The number of hydrogen-bond acceptors (Lipinski definition) is 2. The summed E-state index contributed by atoms with van der Waals surface area (Å²) in [5.41, 5.74) is 0.276. The van der Waals surface area contributed by atoms with E-state index in [1.54, 1.807) is 0 Å². The molecule has 0 heterocycles. The topological polar surface area (TPSA) is 38.3 Å². The van der Waals surface area contributed by atoms with Crippen LogP contribution in [0.3, 0.4) is 0 Å². The molecule has 1 amide bonds. The molecule has 0 unspecified atom stereocenters. The molecule has 0 spiro atoms. The van der Waals surface area contributed by atoms with Gasteiger partial charge in [-0.25, -0.2) is 4.39 Å². The lowest BCUT2D eigenvalue weighted by Crippen LogP contribution is -2.08. The van der Waals surface area contributed by atoms with Crippen LogP contribution in [-0.2, 0) is 4.79 Å². The molecule has 0 saturated carbocycles. The highest BCUT2D eigenvalue weighted by atomic mass is 19.1. The van der Waals surface area contributed by atoms with Crippen molar-refractivity contribution in [1.29, 1.82) is 0 Å². The van der Waals surface area contributed by atoms with E-state index in [2.05, 4.69) is 11.2 Å². The number of ether oxygens (including phenoxy) is 1. The number of carbonyl (C=O) groups is 1. The van der Waals surface area contributed by atoms with Gasteiger partial charge in [0, 0.05) is 13.0 Å². The minimum Gasteiger partial charge on any atom is -0.479 e. The fourth-order valence-electron chi connectivity index (χ4n) is 1.03. The molecule has 0 radical (unpaired) electrons. The number of anilines is 1. The second-order valence-electron chi connectivity index (χ2n) is 2.81. The highest BCUT2D eigenvalue weighted by Crippen LogP contribution is 2.25. The zero-order valence-corrected chi connectivity index (χ0v) is 8.21. The number of amides is 1.